The molecule has 0 aromatic carbocycles. The van der Waals surface area contributed by atoms with E-state index in [4.69, 9.17) is 0 Å². The summed E-state index contributed by atoms with van der Waals surface area (Å²) >= 11 is 3.55. The van der Waals surface area contributed by atoms with E-state index in [1.54, 1.807) is 11.3 Å². The minimum absolute atomic E-state index is 0.320. The molecular formula is C8H15N3S2. The summed E-state index contributed by atoms with van der Waals surface area (Å²) in [5.41, 5.74) is 0. The van der Waals surface area contributed by atoms with E-state index in [1.165, 1.54) is 0 Å². The molecule has 0 aliphatic heterocycles. The first-order valence-corrected chi connectivity index (χ1v) is 6.47. The largest absolute Gasteiger partial charge is 0.311 e. The fourth-order valence-electron chi connectivity index (χ4n) is 0.855. The van der Waals surface area contributed by atoms with E-state index in [1.807, 2.05) is 18.8 Å². The van der Waals surface area contributed by atoms with Crippen molar-refractivity contribution in [3.8, 4) is 0 Å². The van der Waals surface area contributed by atoms with Gasteiger partial charge in [0.15, 0.2) is 0 Å². The Morgan fingerprint density at radius 3 is 2.92 bits per heavy atom. The van der Waals surface area contributed by atoms with Crippen LogP contribution in [0.1, 0.15) is 23.0 Å². The molecule has 5 heteroatoms. The van der Waals surface area contributed by atoms with Gasteiger partial charge in [0.2, 0.25) is 0 Å². The van der Waals surface area contributed by atoms with E-state index in [-0.39, 0.29) is 0 Å². The second kappa shape index (κ2) is 5.57. The molecule has 0 saturated heterocycles. The van der Waals surface area contributed by atoms with Crippen molar-refractivity contribution in [2.75, 3.05) is 19.1 Å². The van der Waals surface area contributed by atoms with Gasteiger partial charge in [-0.3, -0.25) is 0 Å². The maximum atomic E-state index is 4.14. The molecule has 0 amide bonds. The van der Waals surface area contributed by atoms with Gasteiger partial charge in [0.25, 0.3) is 0 Å². The van der Waals surface area contributed by atoms with Crippen molar-refractivity contribution in [2.24, 2.45) is 0 Å². The number of aryl methyl sites for hydroxylation is 1. The monoisotopic (exact) mass is 217 g/mol. The van der Waals surface area contributed by atoms with E-state index < -0.39 is 0 Å². The molecule has 0 radical (unpaired) electrons. The zero-order valence-electron chi connectivity index (χ0n) is 8.20. The van der Waals surface area contributed by atoms with Crippen LogP contribution in [0.2, 0.25) is 0 Å². The highest BCUT2D eigenvalue weighted by atomic mass is 32.2. The summed E-state index contributed by atoms with van der Waals surface area (Å²) in [5, 5.41) is 13.7. The van der Waals surface area contributed by atoms with Crippen LogP contribution in [0.4, 0.5) is 0 Å². The minimum atomic E-state index is 0.320. The normalized spacial score (nSPS) is 13.2. The zero-order valence-corrected chi connectivity index (χ0v) is 9.84. The molecule has 0 spiro atoms. The Kier molecular flexibility index (Phi) is 4.69. The van der Waals surface area contributed by atoms with Gasteiger partial charge in [0.05, 0.1) is 6.04 Å². The second-order valence-corrected chi connectivity index (χ2v) is 4.87. The van der Waals surface area contributed by atoms with Crippen molar-refractivity contribution in [1.29, 1.82) is 0 Å². The number of nitrogens with one attached hydrogen (secondary N) is 1. The summed E-state index contributed by atoms with van der Waals surface area (Å²) in [4.78, 5) is 0. The molecule has 1 unspecified atom stereocenters. The smallest absolute Gasteiger partial charge is 0.134 e. The summed E-state index contributed by atoms with van der Waals surface area (Å²) < 4.78 is 0. The third-order valence-electron chi connectivity index (χ3n) is 1.81. The van der Waals surface area contributed by atoms with Crippen molar-refractivity contribution in [3.05, 3.63) is 10.0 Å². The van der Waals surface area contributed by atoms with Gasteiger partial charge in [-0.2, -0.15) is 11.8 Å². The lowest BCUT2D eigenvalue weighted by Crippen LogP contribution is -2.11. The molecule has 74 valence electrons. The van der Waals surface area contributed by atoms with Crippen molar-refractivity contribution in [2.45, 2.75) is 19.4 Å². The number of thioether (sulfide) groups is 1. The number of nitrogens with zero attached hydrogens (tertiary/aromatic N) is 2. The molecule has 0 aliphatic rings. The van der Waals surface area contributed by atoms with Gasteiger partial charge < -0.3 is 5.32 Å². The summed E-state index contributed by atoms with van der Waals surface area (Å²) in [6.07, 6.45) is 3.15. The van der Waals surface area contributed by atoms with Gasteiger partial charge in [-0.1, -0.05) is 11.3 Å². The first kappa shape index (κ1) is 10.9. The maximum Gasteiger partial charge on any atom is 0.134 e. The summed E-state index contributed by atoms with van der Waals surface area (Å²) in [6, 6.07) is 0.320. The molecule has 3 nitrogen and oxygen atoms in total. The third-order valence-corrected chi connectivity index (χ3v) is 3.58. The van der Waals surface area contributed by atoms with Gasteiger partial charge in [0.1, 0.15) is 10.0 Å². The highest BCUT2D eigenvalue weighted by Crippen LogP contribution is 2.18. The Morgan fingerprint density at radius 1 is 1.54 bits per heavy atom. The average Bonchev–Trinajstić information content (AvgIpc) is 2.62. The van der Waals surface area contributed by atoms with Crippen LogP contribution in [0, 0.1) is 0 Å². The lowest BCUT2D eigenvalue weighted by molar-refractivity contribution is 0.639. The van der Waals surface area contributed by atoms with Crippen molar-refractivity contribution in [3.63, 3.8) is 0 Å². The van der Waals surface area contributed by atoms with Crippen LogP contribution < -0.4 is 5.32 Å². The number of hydrogen-bond donors (Lipinski definition) is 1. The summed E-state index contributed by atoms with van der Waals surface area (Å²) in [7, 11) is 1.94. The van der Waals surface area contributed by atoms with Crippen LogP contribution in [0.3, 0.4) is 0 Å². The molecule has 1 rings (SSSR count). The zero-order chi connectivity index (χ0) is 9.68. The molecule has 1 N–H and O–H groups in total. The van der Waals surface area contributed by atoms with Gasteiger partial charge in [-0.05, 0) is 26.0 Å². The highest BCUT2D eigenvalue weighted by Gasteiger charge is 2.09. The lowest BCUT2D eigenvalue weighted by Gasteiger charge is -2.02. The SMILES string of the molecule is CNC(C)c1nnc(CCSC)s1. The molecule has 1 aromatic heterocycles. The van der Waals surface area contributed by atoms with Crippen molar-refractivity contribution >= 4 is 23.1 Å². The first-order chi connectivity index (χ1) is 6.27. The maximum absolute atomic E-state index is 4.14. The number of hydrogen-bond acceptors (Lipinski definition) is 5. The van der Waals surface area contributed by atoms with Gasteiger partial charge >= 0.3 is 0 Å². The third kappa shape index (κ3) is 3.25. The quantitative estimate of drug-likeness (QED) is 0.815. The Bertz CT molecular complexity index is 249. The summed E-state index contributed by atoms with van der Waals surface area (Å²) in [6.45, 7) is 2.10. The van der Waals surface area contributed by atoms with Crippen molar-refractivity contribution in [1.82, 2.24) is 15.5 Å². The molecular weight excluding hydrogens is 202 g/mol. The fourth-order valence-corrected chi connectivity index (χ4v) is 2.29. The van der Waals surface area contributed by atoms with Crippen LogP contribution in [0.5, 0.6) is 0 Å². The van der Waals surface area contributed by atoms with Gasteiger partial charge in [-0.15, -0.1) is 10.2 Å². The van der Waals surface area contributed by atoms with E-state index in [9.17, 15) is 0 Å². The summed E-state index contributed by atoms with van der Waals surface area (Å²) in [5.74, 6) is 1.13. The Morgan fingerprint density at radius 2 is 2.31 bits per heavy atom. The van der Waals surface area contributed by atoms with E-state index in [0.717, 1.165) is 22.2 Å². The van der Waals surface area contributed by atoms with Crippen LogP contribution in [0.25, 0.3) is 0 Å². The molecule has 0 aliphatic carbocycles. The van der Waals surface area contributed by atoms with Crippen LogP contribution in [0.15, 0.2) is 0 Å². The van der Waals surface area contributed by atoms with Gasteiger partial charge in [0, 0.05) is 6.42 Å². The second-order valence-electron chi connectivity index (χ2n) is 2.79. The molecule has 1 aromatic rings. The molecule has 0 saturated carbocycles. The standard InChI is InChI=1S/C8H15N3S2/c1-6(9-2)8-11-10-7(13-8)4-5-12-3/h6,9H,4-5H2,1-3H3. The molecule has 0 bridgehead atoms. The topological polar surface area (TPSA) is 37.8 Å². The average molecular weight is 217 g/mol. The van der Waals surface area contributed by atoms with Crippen LogP contribution >= 0.6 is 23.1 Å². The van der Waals surface area contributed by atoms with Crippen LogP contribution in [-0.4, -0.2) is 29.3 Å². The minimum Gasteiger partial charge on any atom is -0.311 e. The molecule has 0 fully saturated rings. The highest BCUT2D eigenvalue weighted by molar-refractivity contribution is 7.98. The van der Waals surface area contributed by atoms with Crippen LogP contribution in [-0.2, 0) is 6.42 Å². The molecule has 13 heavy (non-hydrogen) atoms. The molecule has 1 atom stereocenters. The number of aromatic nitrogens is 2. The van der Waals surface area contributed by atoms with Gasteiger partial charge in [-0.25, -0.2) is 0 Å². The predicted molar refractivity (Wildman–Crippen MR) is 59.5 cm³/mol. The molecule has 1 heterocycles. The van der Waals surface area contributed by atoms with E-state index in [2.05, 4.69) is 28.7 Å². The Balaban J connectivity index is 2.53. The first-order valence-electron chi connectivity index (χ1n) is 4.26. The predicted octanol–water partition coefficient (Wildman–Crippen LogP) is 1.72. The fraction of sp³-hybridized carbons (Fsp3) is 0.750. The Hall–Kier alpha value is -0.130. The number of rotatable bonds is 5. The Labute approximate surface area is 87.3 Å². The van der Waals surface area contributed by atoms with E-state index >= 15 is 0 Å². The van der Waals surface area contributed by atoms with E-state index in [0.29, 0.717) is 6.04 Å². The lowest BCUT2D eigenvalue weighted by atomic mass is 10.4. The van der Waals surface area contributed by atoms with Crippen molar-refractivity contribution < 1.29 is 0 Å².